The quantitative estimate of drug-likeness (QED) is 0.561. The molecule has 0 fully saturated rings. The van der Waals surface area contributed by atoms with Gasteiger partial charge in [-0.15, -0.1) is 0 Å². The van der Waals surface area contributed by atoms with Crippen molar-refractivity contribution in [1.29, 1.82) is 5.26 Å². The predicted molar refractivity (Wildman–Crippen MR) is 129 cm³/mol. The Labute approximate surface area is 191 Å². The summed E-state index contributed by atoms with van der Waals surface area (Å²) in [5, 5.41) is 9.21. The molecular weight excluding hydrogens is 392 g/mol. The lowest BCUT2D eigenvalue weighted by atomic mass is 9.92. The maximum Gasteiger partial charge on any atom is 0.140 e. The Kier molecular flexibility index (Phi) is 5.25. The molecule has 0 unspecified atom stereocenters. The van der Waals surface area contributed by atoms with Gasteiger partial charge in [-0.2, -0.15) is 5.26 Å². The van der Waals surface area contributed by atoms with Crippen molar-refractivity contribution in [3.63, 3.8) is 0 Å². The Hall–Kier alpha value is -3.68. The van der Waals surface area contributed by atoms with Crippen molar-refractivity contribution in [3.05, 3.63) is 113 Å². The number of pyridine rings is 1. The van der Waals surface area contributed by atoms with Gasteiger partial charge in [-0.05, 0) is 58.5 Å². The Bertz CT molecular complexity index is 1280. The zero-order valence-corrected chi connectivity index (χ0v) is 18.3. The molecule has 0 saturated heterocycles. The summed E-state index contributed by atoms with van der Waals surface area (Å²) in [7, 11) is 0. The molecule has 4 heteroatoms. The summed E-state index contributed by atoms with van der Waals surface area (Å²) < 4.78 is 9.10. The number of anilines is 1. The summed E-state index contributed by atoms with van der Waals surface area (Å²) in [5.74, 6) is 0.854. The fourth-order valence-corrected chi connectivity index (χ4v) is 4.42. The molecule has 2 aromatic carbocycles. The predicted octanol–water partition coefficient (Wildman–Crippen LogP) is 5.32. The maximum atomic E-state index is 9.21. The highest BCUT2D eigenvalue weighted by Crippen LogP contribution is 2.38. The van der Waals surface area contributed by atoms with E-state index >= 15 is 0 Å². The number of hydrogen-bond acceptors (Lipinski definition) is 4. The van der Waals surface area contributed by atoms with Crippen LogP contribution in [-0.4, -0.2) is 23.0 Å². The fourth-order valence-electron chi connectivity index (χ4n) is 4.42. The van der Waals surface area contributed by atoms with Gasteiger partial charge in [0.05, 0.1) is 13.0 Å². The minimum atomic E-state index is 0.516. The second-order valence-corrected chi connectivity index (χ2v) is 8.32. The molecule has 0 amide bonds. The summed E-state index contributed by atoms with van der Waals surface area (Å²) in [6, 6.07) is 22.7. The second-order valence-electron chi connectivity index (χ2n) is 8.32. The van der Waals surface area contributed by atoms with Gasteiger partial charge in [0, 0.05) is 44.1 Å². The van der Waals surface area contributed by atoms with Crippen LogP contribution in [0.3, 0.4) is 0 Å². The van der Waals surface area contributed by atoms with Gasteiger partial charge in [0.1, 0.15) is 5.82 Å². The summed E-state index contributed by atoms with van der Waals surface area (Å²) in [6.45, 7) is 5.02. The summed E-state index contributed by atoms with van der Waals surface area (Å²) in [4.78, 5) is 9.01. The molecule has 1 aromatic heterocycles. The van der Waals surface area contributed by atoms with E-state index in [0.29, 0.717) is 24.8 Å². The molecule has 158 valence electrons. The Morgan fingerprint density at radius 1 is 1.03 bits per heavy atom. The molecule has 3 heterocycles. The number of nitrogens with zero attached hydrogens (tertiary/aromatic N) is 4. The van der Waals surface area contributed by atoms with E-state index in [1.165, 1.54) is 11.1 Å². The van der Waals surface area contributed by atoms with Crippen molar-refractivity contribution >= 4 is 11.4 Å². The molecule has 0 radical (unpaired) electrons. The minimum Gasteiger partial charge on any atom is -0.328 e. The number of fused-ring (bicyclic) bond motifs is 3. The molecule has 32 heavy (non-hydrogen) atoms. The largest absolute Gasteiger partial charge is 0.328 e. The summed E-state index contributed by atoms with van der Waals surface area (Å²) in [6.07, 6.45) is 5.56. The molecule has 5 rings (SSSR count). The van der Waals surface area contributed by atoms with Crippen LogP contribution in [0.4, 0.5) is 5.82 Å². The lowest BCUT2D eigenvalue weighted by Crippen LogP contribution is -2.33. The number of hydrogen-bond donors (Lipinski definition) is 0. The molecule has 0 saturated carbocycles. The smallest absolute Gasteiger partial charge is 0.140 e. The first kappa shape index (κ1) is 19.0. The first-order valence-corrected chi connectivity index (χ1v) is 11.1. The second kappa shape index (κ2) is 8.82. The van der Waals surface area contributed by atoms with E-state index in [9.17, 15) is 5.26 Å². The van der Waals surface area contributed by atoms with Crippen molar-refractivity contribution in [3.8, 4) is 6.07 Å². The van der Waals surface area contributed by atoms with E-state index in [4.69, 9.17) is 1.37 Å². The standard InChI is InChI=1S/C28H26N4/c1-2-21-8-10-22(11-9-21)18-32-20-25-19-31(17-24-6-3-5-23(15-24)16-29)14-12-26(25)27-7-4-13-30-28(27)32/h3-13,15,20H,2,14,17-19H2,1H3/i20D. The molecule has 0 atom stereocenters. The van der Waals surface area contributed by atoms with E-state index in [2.05, 4.69) is 65.4 Å². The molecule has 2 aliphatic rings. The van der Waals surface area contributed by atoms with Gasteiger partial charge in [-0.25, -0.2) is 4.98 Å². The zero-order valence-electron chi connectivity index (χ0n) is 19.3. The number of rotatable bonds is 5. The average molecular weight is 420 g/mol. The van der Waals surface area contributed by atoms with Crippen molar-refractivity contribution in [1.82, 2.24) is 9.88 Å². The van der Waals surface area contributed by atoms with Crippen LogP contribution >= 0.6 is 0 Å². The van der Waals surface area contributed by atoms with E-state index in [1.807, 2.05) is 35.4 Å². The van der Waals surface area contributed by atoms with Crippen molar-refractivity contribution in [2.75, 3.05) is 18.0 Å². The normalized spacial score (nSPS) is 16.1. The Morgan fingerprint density at radius 3 is 2.69 bits per heavy atom. The highest BCUT2D eigenvalue weighted by molar-refractivity contribution is 5.89. The fraction of sp³-hybridized carbons (Fsp3) is 0.214. The molecule has 3 aromatic rings. The van der Waals surface area contributed by atoms with Crippen LogP contribution in [0.5, 0.6) is 0 Å². The minimum absolute atomic E-state index is 0.516. The third kappa shape index (κ3) is 4.08. The van der Waals surface area contributed by atoms with E-state index in [1.54, 1.807) is 0 Å². The average Bonchev–Trinajstić information content (AvgIpc) is 2.87. The van der Waals surface area contributed by atoms with Crippen LogP contribution in [0.25, 0.3) is 5.57 Å². The van der Waals surface area contributed by atoms with Gasteiger partial charge in [0.15, 0.2) is 0 Å². The number of benzene rings is 2. The SMILES string of the molecule is [2H]C1=C2CN(Cc3cccc(C#N)c3)CC=C2c2cccnc2N1Cc1ccc(CC)cc1. The van der Waals surface area contributed by atoms with Gasteiger partial charge < -0.3 is 4.90 Å². The molecule has 0 spiro atoms. The van der Waals surface area contributed by atoms with Crippen LogP contribution in [0.1, 0.15) is 36.1 Å². The molecule has 2 aliphatic heterocycles. The third-order valence-corrected chi connectivity index (χ3v) is 6.10. The lowest BCUT2D eigenvalue weighted by Gasteiger charge is -2.35. The van der Waals surface area contributed by atoms with Crippen LogP contribution in [0, 0.1) is 11.3 Å². The van der Waals surface area contributed by atoms with Crippen molar-refractivity contribution in [2.24, 2.45) is 0 Å². The van der Waals surface area contributed by atoms with Crippen LogP contribution in [-0.2, 0) is 19.5 Å². The lowest BCUT2D eigenvalue weighted by molar-refractivity contribution is 0.317. The Morgan fingerprint density at radius 2 is 1.88 bits per heavy atom. The van der Waals surface area contributed by atoms with Gasteiger partial charge in [0.2, 0.25) is 0 Å². The molecule has 0 aliphatic carbocycles. The summed E-state index contributed by atoms with van der Waals surface area (Å²) >= 11 is 0. The van der Waals surface area contributed by atoms with E-state index in [-0.39, 0.29) is 0 Å². The highest BCUT2D eigenvalue weighted by Gasteiger charge is 2.27. The maximum absolute atomic E-state index is 9.21. The first-order valence-electron chi connectivity index (χ1n) is 11.6. The van der Waals surface area contributed by atoms with Crippen LogP contribution in [0.15, 0.2) is 84.7 Å². The topological polar surface area (TPSA) is 43.2 Å². The van der Waals surface area contributed by atoms with Gasteiger partial charge in [0.25, 0.3) is 0 Å². The van der Waals surface area contributed by atoms with Crippen LogP contribution in [0.2, 0.25) is 0 Å². The monoisotopic (exact) mass is 419 g/mol. The van der Waals surface area contributed by atoms with E-state index in [0.717, 1.165) is 47.6 Å². The first-order chi connectivity index (χ1) is 16.2. The Balaban J connectivity index is 1.46. The number of aryl methyl sites for hydroxylation is 1. The van der Waals surface area contributed by atoms with Gasteiger partial charge in [-0.1, -0.05) is 49.4 Å². The molecular formula is C28H26N4. The van der Waals surface area contributed by atoms with Crippen molar-refractivity contribution in [2.45, 2.75) is 26.4 Å². The molecule has 0 N–H and O–H groups in total. The molecule has 4 nitrogen and oxygen atoms in total. The zero-order chi connectivity index (χ0) is 22.8. The molecule has 0 bridgehead atoms. The van der Waals surface area contributed by atoms with Crippen molar-refractivity contribution < 1.29 is 1.37 Å². The number of aromatic nitrogens is 1. The van der Waals surface area contributed by atoms with Crippen LogP contribution < -0.4 is 4.90 Å². The summed E-state index contributed by atoms with van der Waals surface area (Å²) in [5.41, 5.74) is 7.53. The van der Waals surface area contributed by atoms with E-state index < -0.39 is 0 Å². The third-order valence-electron chi connectivity index (χ3n) is 6.10. The van der Waals surface area contributed by atoms with Gasteiger partial charge >= 0.3 is 0 Å². The van der Waals surface area contributed by atoms with Gasteiger partial charge in [-0.3, -0.25) is 4.90 Å². The number of nitriles is 1. The highest BCUT2D eigenvalue weighted by atomic mass is 15.2.